The summed E-state index contributed by atoms with van der Waals surface area (Å²) < 4.78 is 3.61. The Morgan fingerprint density at radius 2 is 2.12 bits per heavy atom. The van der Waals surface area contributed by atoms with Crippen LogP contribution in [0.4, 0.5) is 4.79 Å². The highest BCUT2D eigenvalue weighted by Gasteiger charge is 2.10. The second-order valence-electron chi connectivity index (χ2n) is 0.901. The van der Waals surface area contributed by atoms with Gasteiger partial charge in [-0.1, -0.05) is 0 Å². The minimum absolute atomic E-state index is 1.28. The molecule has 48 valence electrons. The average Bonchev–Trinajstić information content (AvgIpc) is 1.21. The summed E-state index contributed by atoms with van der Waals surface area (Å²) in [5.74, 6) is 0. The summed E-state index contributed by atoms with van der Waals surface area (Å²) in [7, 11) is 0. The molecule has 0 unspecified atom stereocenters. The lowest BCUT2D eigenvalue weighted by Crippen LogP contribution is -2.10. The van der Waals surface area contributed by atoms with Crippen LogP contribution in [0.3, 0.4) is 0 Å². The highest BCUT2D eigenvalue weighted by atomic mass is 32.5. The van der Waals surface area contributed by atoms with Crippen molar-refractivity contribution < 1.29 is 19.1 Å². The first-order chi connectivity index (χ1) is 3.42. The molecule has 0 rings (SSSR count). The van der Waals surface area contributed by atoms with Crippen LogP contribution in [0.1, 0.15) is 0 Å². The van der Waals surface area contributed by atoms with Crippen molar-refractivity contribution in [2.24, 2.45) is 5.73 Å². The molecule has 0 aromatic carbocycles. The zero-order chi connectivity index (χ0) is 6.78. The van der Waals surface area contributed by atoms with E-state index in [9.17, 15) is 4.79 Å². The van der Waals surface area contributed by atoms with E-state index in [1.807, 2.05) is 0 Å². The van der Waals surface area contributed by atoms with E-state index in [-0.39, 0.29) is 0 Å². The van der Waals surface area contributed by atoms with Crippen LogP contribution in [0.25, 0.3) is 0 Å². The molecule has 0 spiro atoms. The monoisotopic (exact) mass is 157 g/mol. The van der Waals surface area contributed by atoms with Gasteiger partial charge in [-0.3, -0.25) is 0 Å². The largest absolute Gasteiger partial charge is 0.411 e. The Bertz CT molecular complexity index is 139. The van der Waals surface area contributed by atoms with Crippen LogP contribution in [-0.4, -0.2) is 15.9 Å². The van der Waals surface area contributed by atoms with E-state index in [1.165, 1.54) is 0 Å². The van der Waals surface area contributed by atoms with Gasteiger partial charge in [0, 0.05) is 11.8 Å². The third kappa shape index (κ3) is 5.84. The van der Waals surface area contributed by atoms with Gasteiger partial charge in [0.05, 0.1) is 0 Å². The molecule has 0 fully saturated rings. The Kier molecular flexibility index (Phi) is 2.36. The number of rotatable bonds is 1. The SMILES string of the molecule is NC(=O)OP(O)(O)=S. The molecular formula is CH4NO4PS. The van der Waals surface area contributed by atoms with Gasteiger partial charge in [0.2, 0.25) is 0 Å². The lowest BCUT2D eigenvalue weighted by Gasteiger charge is -2.02. The first-order valence-corrected chi connectivity index (χ1v) is 4.09. The van der Waals surface area contributed by atoms with Crippen LogP contribution in [0.15, 0.2) is 0 Å². The highest BCUT2D eigenvalue weighted by molar-refractivity contribution is 8.06. The van der Waals surface area contributed by atoms with Crippen molar-refractivity contribution in [1.82, 2.24) is 0 Å². The van der Waals surface area contributed by atoms with Crippen molar-refractivity contribution in [2.75, 3.05) is 0 Å². The van der Waals surface area contributed by atoms with Gasteiger partial charge in [0.1, 0.15) is 0 Å². The summed E-state index contributed by atoms with van der Waals surface area (Å²) in [6, 6.07) is 0. The maximum atomic E-state index is 9.66. The number of amides is 1. The van der Waals surface area contributed by atoms with Crippen molar-refractivity contribution in [2.45, 2.75) is 0 Å². The van der Waals surface area contributed by atoms with Crippen LogP contribution in [0.5, 0.6) is 0 Å². The minimum Gasteiger partial charge on any atom is -0.375 e. The highest BCUT2D eigenvalue weighted by Crippen LogP contribution is 2.35. The summed E-state index contributed by atoms with van der Waals surface area (Å²) >= 11 is 3.86. The van der Waals surface area contributed by atoms with E-state index in [4.69, 9.17) is 9.79 Å². The fourth-order valence-corrected chi connectivity index (χ4v) is 0.572. The molecular weight excluding hydrogens is 153 g/mol. The molecule has 8 heavy (non-hydrogen) atoms. The fraction of sp³-hybridized carbons (Fsp3) is 0. The summed E-state index contributed by atoms with van der Waals surface area (Å²) in [5, 5.41) is 0. The van der Waals surface area contributed by atoms with E-state index in [0.29, 0.717) is 0 Å². The van der Waals surface area contributed by atoms with Crippen LogP contribution in [0.2, 0.25) is 0 Å². The Labute approximate surface area is 50.3 Å². The molecule has 1 amide bonds. The molecule has 0 saturated carbocycles. The van der Waals surface area contributed by atoms with Gasteiger partial charge in [-0.15, -0.1) is 0 Å². The summed E-state index contributed by atoms with van der Waals surface area (Å²) in [6.07, 6.45) is -1.28. The van der Waals surface area contributed by atoms with E-state index in [0.717, 1.165) is 0 Å². The smallest absolute Gasteiger partial charge is 0.375 e. The van der Waals surface area contributed by atoms with Crippen molar-refractivity contribution >= 4 is 24.6 Å². The third-order valence-electron chi connectivity index (χ3n) is 0.209. The number of hydrogen-bond acceptors (Lipinski definition) is 3. The molecule has 7 heteroatoms. The quantitative estimate of drug-likeness (QED) is 0.437. The first kappa shape index (κ1) is 7.84. The van der Waals surface area contributed by atoms with Gasteiger partial charge >= 0.3 is 12.8 Å². The molecule has 0 aromatic rings. The first-order valence-electron chi connectivity index (χ1n) is 1.46. The molecule has 0 bridgehead atoms. The van der Waals surface area contributed by atoms with Gasteiger partial charge in [-0.2, -0.15) is 0 Å². The van der Waals surface area contributed by atoms with Gasteiger partial charge in [-0.05, 0) is 0 Å². The van der Waals surface area contributed by atoms with E-state index in [1.54, 1.807) is 0 Å². The molecule has 0 aliphatic heterocycles. The third-order valence-corrected chi connectivity index (χ3v) is 0.850. The number of primary amides is 1. The second kappa shape index (κ2) is 2.41. The normalized spacial score (nSPS) is 10.8. The standard InChI is InChI=1S/CH4NO4PS/c2-1(3)6-7(4,5)8/h(H2,2,3)(H2,4,5,8). The number of carbonyl (C=O) groups excluding carboxylic acids is 1. The van der Waals surface area contributed by atoms with E-state index < -0.39 is 12.8 Å². The molecule has 0 aliphatic carbocycles. The Morgan fingerprint density at radius 1 is 1.75 bits per heavy atom. The summed E-state index contributed by atoms with van der Waals surface area (Å²) in [6.45, 7) is -3.86. The van der Waals surface area contributed by atoms with Crippen molar-refractivity contribution in [1.29, 1.82) is 0 Å². The number of carbonyl (C=O) groups is 1. The molecule has 0 atom stereocenters. The molecule has 0 saturated heterocycles. The number of hydrogen-bond donors (Lipinski definition) is 3. The van der Waals surface area contributed by atoms with Crippen molar-refractivity contribution in [3.63, 3.8) is 0 Å². The lowest BCUT2D eigenvalue weighted by molar-refractivity contribution is 0.201. The number of nitrogens with two attached hydrogens (primary N) is 1. The van der Waals surface area contributed by atoms with E-state index >= 15 is 0 Å². The molecule has 4 N–H and O–H groups in total. The Morgan fingerprint density at radius 3 is 2.12 bits per heavy atom. The molecule has 0 aromatic heterocycles. The zero-order valence-corrected chi connectivity index (χ0v) is 5.35. The van der Waals surface area contributed by atoms with Crippen LogP contribution in [-0.2, 0) is 16.3 Å². The maximum absolute atomic E-state index is 9.66. The van der Waals surface area contributed by atoms with Crippen molar-refractivity contribution in [3.8, 4) is 0 Å². The molecule has 0 radical (unpaired) electrons. The molecule has 0 heterocycles. The Balaban J connectivity index is 3.74. The minimum atomic E-state index is -3.86. The molecule has 0 aliphatic rings. The van der Waals surface area contributed by atoms with Gasteiger partial charge in [0.15, 0.2) is 0 Å². The van der Waals surface area contributed by atoms with Gasteiger partial charge in [-0.25, -0.2) is 4.79 Å². The lowest BCUT2D eigenvalue weighted by atomic mass is 11.3. The van der Waals surface area contributed by atoms with E-state index in [2.05, 4.69) is 22.1 Å². The Hall–Kier alpha value is -0.160. The topological polar surface area (TPSA) is 92.8 Å². The summed E-state index contributed by atoms with van der Waals surface area (Å²) in [4.78, 5) is 25.9. The van der Waals surface area contributed by atoms with Crippen LogP contribution < -0.4 is 5.73 Å². The predicted octanol–water partition coefficient (Wildman–Crippen LogP) is -0.709. The average molecular weight is 157 g/mol. The van der Waals surface area contributed by atoms with Gasteiger partial charge in [0.25, 0.3) is 0 Å². The van der Waals surface area contributed by atoms with Gasteiger partial charge < -0.3 is 20.0 Å². The fourth-order valence-electron chi connectivity index (χ4n) is 0.117. The predicted molar refractivity (Wildman–Crippen MR) is 29.4 cm³/mol. The zero-order valence-electron chi connectivity index (χ0n) is 3.64. The van der Waals surface area contributed by atoms with Crippen LogP contribution in [0, 0.1) is 0 Å². The maximum Gasteiger partial charge on any atom is 0.411 e. The van der Waals surface area contributed by atoms with Crippen LogP contribution >= 0.6 is 6.72 Å². The van der Waals surface area contributed by atoms with Crippen molar-refractivity contribution in [3.05, 3.63) is 0 Å². The second-order valence-corrected chi connectivity index (χ2v) is 3.49. The summed E-state index contributed by atoms with van der Waals surface area (Å²) in [5.41, 5.74) is 4.36. The molecule has 5 nitrogen and oxygen atoms in total.